The molecule has 20 heavy (non-hydrogen) atoms. The first-order valence-electron chi connectivity index (χ1n) is 7.05. The number of rotatable bonds is 5. The lowest BCUT2D eigenvalue weighted by atomic mass is 10.1. The van der Waals surface area contributed by atoms with Crippen LogP contribution in [0.3, 0.4) is 0 Å². The number of carbonyl (C=O) groups excluding carboxylic acids is 1. The van der Waals surface area contributed by atoms with Crippen LogP contribution >= 0.6 is 0 Å². The van der Waals surface area contributed by atoms with E-state index in [0.29, 0.717) is 13.0 Å². The zero-order chi connectivity index (χ0) is 14.5. The van der Waals surface area contributed by atoms with Gasteiger partial charge >= 0.3 is 5.97 Å². The van der Waals surface area contributed by atoms with E-state index in [0.717, 1.165) is 12.0 Å². The van der Waals surface area contributed by atoms with Crippen LogP contribution in [0.4, 0.5) is 0 Å². The summed E-state index contributed by atoms with van der Waals surface area (Å²) >= 11 is 0. The molecule has 0 radical (unpaired) electrons. The fraction of sp³-hybridized carbons (Fsp3) is 0.353. The predicted molar refractivity (Wildman–Crippen MR) is 81.7 cm³/mol. The maximum atomic E-state index is 11.6. The lowest BCUT2D eigenvalue weighted by Crippen LogP contribution is -2.06. The number of hydrogen-bond donors (Lipinski definition) is 0. The Hall–Kier alpha value is -2.03. The molecule has 2 rings (SSSR count). The van der Waals surface area contributed by atoms with Crippen molar-refractivity contribution in [3.05, 3.63) is 47.7 Å². The van der Waals surface area contributed by atoms with Gasteiger partial charge in [0.25, 0.3) is 0 Å². The predicted octanol–water partition coefficient (Wildman–Crippen LogP) is 3.71. The van der Waals surface area contributed by atoms with Crippen molar-refractivity contribution in [3.63, 3.8) is 0 Å². The topological polar surface area (TPSA) is 31.2 Å². The molecule has 0 amide bonds. The Morgan fingerprint density at radius 2 is 2.10 bits per heavy atom. The normalized spacial score (nSPS) is 11.8. The monoisotopic (exact) mass is 271 g/mol. The molecule has 0 N–H and O–H groups in total. The second-order valence-electron chi connectivity index (χ2n) is 4.75. The van der Waals surface area contributed by atoms with Gasteiger partial charge in [-0.3, -0.25) is 0 Å². The SMILES string of the molecule is CCC(=CCn1ccc2cccc(CC)c21)C(=O)OC. The van der Waals surface area contributed by atoms with E-state index in [1.807, 2.05) is 13.0 Å². The van der Waals surface area contributed by atoms with E-state index < -0.39 is 0 Å². The minimum absolute atomic E-state index is 0.236. The molecule has 3 heteroatoms. The van der Waals surface area contributed by atoms with Gasteiger partial charge in [-0.1, -0.05) is 38.1 Å². The Kier molecular flexibility index (Phi) is 4.61. The molecule has 0 fully saturated rings. The average molecular weight is 271 g/mol. The van der Waals surface area contributed by atoms with E-state index >= 15 is 0 Å². The van der Waals surface area contributed by atoms with E-state index in [2.05, 4.69) is 42.0 Å². The van der Waals surface area contributed by atoms with E-state index in [-0.39, 0.29) is 5.97 Å². The summed E-state index contributed by atoms with van der Waals surface area (Å²) in [5.74, 6) is -0.236. The second-order valence-corrected chi connectivity index (χ2v) is 4.75. The number of hydrogen-bond acceptors (Lipinski definition) is 2. The molecule has 0 spiro atoms. The number of fused-ring (bicyclic) bond motifs is 1. The lowest BCUT2D eigenvalue weighted by molar-refractivity contribution is -0.136. The van der Waals surface area contributed by atoms with Crippen molar-refractivity contribution in [2.45, 2.75) is 33.2 Å². The minimum atomic E-state index is -0.236. The van der Waals surface area contributed by atoms with Crippen molar-refractivity contribution in [2.24, 2.45) is 0 Å². The molecule has 0 aliphatic heterocycles. The highest BCUT2D eigenvalue weighted by Crippen LogP contribution is 2.21. The summed E-state index contributed by atoms with van der Waals surface area (Å²) in [5.41, 5.74) is 3.31. The van der Waals surface area contributed by atoms with Crippen molar-refractivity contribution in [3.8, 4) is 0 Å². The molecule has 0 atom stereocenters. The van der Waals surface area contributed by atoms with Crippen molar-refractivity contribution in [1.82, 2.24) is 4.57 Å². The average Bonchev–Trinajstić information content (AvgIpc) is 2.90. The summed E-state index contributed by atoms with van der Waals surface area (Å²) in [6.07, 6.45) is 5.72. The highest BCUT2D eigenvalue weighted by atomic mass is 16.5. The number of ether oxygens (including phenoxy) is 1. The van der Waals surface area contributed by atoms with Gasteiger partial charge in [0.15, 0.2) is 0 Å². The molecule has 0 unspecified atom stereocenters. The zero-order valence-corrected chi connectivity index (χ0v) is 12.3. The number of aryl methyl sites for hydroxylation is 1. The molecule has 3 nitrogen and oxygen atoms in total. The van der Waals surface area contributed by atoms with Crippen molar-refractivity contribution in [1.29, 1.82) is 0 Å². The van der Waals surface area contributed by atoms with Crippen molar-refractivity contribution < 1.29 is 9.53 Å². The van der Waals surface area contributed by atoms with E-state index in [9.17, 15) is 4.79 Å². The number of methoxy groups -OCH3 is 1. The molecular weight excluding hydrogens is 250 g/mol. The first-order chi connectivity index (χ1) is 9.71. The Morgan fingerprint density at radius 1 is 1.30 bits per heavy atom. The molecule has 106 valence electrons. The highest BCUT2D eigenvalue weighted by molar-refractivity contribution is 5.88. The van der Waals surface area contributed by atoms with Gasteiger partial charge in [0.1, 0.15) is 0 Å². The summed E-state index contributed by atoms with van der Waals surface area (Å²) in [7, 11) is 1.42. The van der Waals surface area contributed by atoms with Gasteiger partial charge < -0.3 is 9.30 Å². The number of carbonyl (C=O) groups is 1. The Morgan fingerprint density at radius 3 is 2.75 bits per heavy atom. The maximum Gasteiger partial charge on any atom is 0.333 e. The summed E-state index contributed by atoms with van der Waals surface area (Å²) in [6.45, 7) is 4.82. The van der Waals surface area contributed by atoms with Gasteiger partial charge in [-0.15, -0.1) is 0 Å². The standard InChI is InChI=1S/C17H21NO2/c1-4-13-7-6-8-15-10-12-18(16(13)15)11-9-14(5-2)17(19)20-3/h6-10,12H,4-5,11H2,1-3H3. The molecule has 0 bridgehead atoms. The van der Waals surface area contributed by atoms with Crippen LogP contribution in [0.15, 0.2) is 42.1 Å². The van der Waals surface area contributed by atoms with Crippen LogP contribution in [0, 0.1) is 0 Å². The van der Waals surface area contributed by atoms with E-state index in [1.54, 1.807) is 0 Å². The van der Waals surface area contributed by atoms with Gasteiger partial charge in [-0.2, -0.15) is 0 Å². The molecule has 1 aromatic heterocycles. The van der Waals surface area contributed by atoms with E-state index in [4.69, 9.17) is 4.74 Å². The van der Waals surface area contributed by atoms with Crippen LogP contribution in [-0.2, 0) is 22.5 Å². The number of esters is 1. The van der Waals surface area contributed by atoms with Crippen LogP contribution in [0.1, 0.15) is 25.8 Å². The Balaban J connectivity index is 2.35. The van der Waals surface area contributed by atoms with Gasteiger partial charge in [-0.05, 0) is 29.9 Å². The summed E-state index contributed by atoms with van der Waals surface area (Å²) in [4.78, 5) is 11.6. The summed E-state index contributed by atoms with van der Waals surface area (Å²) in [5, 5.41) is 1.24. The molecule has 0 saturated heterocycles. The van der Waals surface area contributed by atoms with Gasteiger partial charge in [-0.25, -0.2) is 4.79 Å². The van der Waals surface area contributed by atoms with E-state index in [1.165, 1.54) is 23.6 Å². The van der Waals surface area contributed by atoms with Crippen LogP contribution in [0.2, 0.25) is 0 Å². The Labute approximate surface area is 119 Å². The van der Waals surface area contributed by atoms with Gasteiger partial charge in [0, 0.05) is 18.3 Å². The maximum absolute atomic E-state index is 11.6. The van der Waals surface area contributed by atoms with Crippen molar-refractivity contribution in [2.75, 3.05) is 7.11 Å². The van der Waals surface area contributed by atoms with Crippen LogP contribution in [0.25, 0.3) is 10.9 Å². The third-order valence-corrected chi connectivity index (χ3v) is 3.62. The molecule has 1 heterocycles. The lowest BCUT2D eigenvalue weighted by Gasteiger charge is -2.08. The summed E-state index contributed by atoms with van der Waals surface area (Å²) < 4.78 is 6.98. The number of nitrogens with zero attached hydrogens (tertiary/aromatic N) is 1. The third kappa shape index (κ3) is 2.77. The second kappa shape index (κ2) is 6.42. The largest absolute Gasteiger partial charge is 0.466 e. The number of para-hydroxylation sites is 1. The molecule has 1 aromatic carbocycles. The fourth-order valence-electron chi connectivity index (χ4n) is 2.49. The molecular formula is C17H21NO2. The highest BCUT2D eigenvalue weighted by Gasteiger charge is 2.08. The first kappa shape index (κ1) is 14.4. The number of allylic oxidation sites excluding steroid dienone is 1. The molecule has 0 saturated carbocycles. The Bertz CT molecular complexity index is 637. The zero-order valence-electron chi connectivity index (χ0n) is 12.3. The third-order valence-electron chi connectivity index (χ3n) is 3.62. The minimum Gasteiger partial charge on any atom is -0.466 e. The van der Waals surface area contributed by atoms with Crippen LogP contribution < -0.4 is 0 Å². The molecule has 2 aromatic rings. The van der Waals surface area contributed by atoms with Gasteiger partial charge in [0.05, 0.1) is 12.6 Å². The quantitative estimate of drug-likeness (QED) is 0.613. The van der Waals surface area contributed by atoms with Crippen molar-refractivity contribution >= 4 is 16.9 Å². The summed E-state index contributed by atoms with van der Waals surface area (Å²) in [6, 6.07) is 8.48. The molecule has 0 aliphatic carbocycles. The van der Waals surface area contributed by atoms with Gasteiger partial charge in [0.2, 0.25) is 0 Å². The van der Waals surface area contributed by atoms with Crippen LogP contribution in [-0.4, -0.2) is 17.6 Å². The molecule has 0 aliphatic rings. The number of aromatic nitrogens is 1. The first-order valence-corrected chi connectivity index (χ1v) is 7.05. The van der Waals surface area contributed by atoms with Crippen LogP contribution in [0.5, 0.6) is 0 Å². The number of benzene rings is 1. The smallest absolute Gasteiger partial charge is 0.333 e. The fourth-order valence-corrected chi connectivity index (χ4v) is 2.49.